The van der Waals surface area contributed by atoms with Crippen LogP contribution < -0.4 is 4.90 Å². The van der Waals surface area contributed by atoms with Gasteiger partial charge in [-0.15, -0.1) is 10.2 Å². The topological polar surface area (TPSA) is 76.6 Å². The SMILES string of the molecule is Cc1nc2c(N3C[C@@H](C)N(C(c4ccc(Br)c(F)c4)C4CC(F)(F)C4)C[C@@H]3C)nc3nncn3c2n1C[C@@H]1CCCO1. The highest BCUT2D eigenvalue weighted by Gasteiger charge is 2.51. The number of alkyl halides is 2. The number of ether oxygens (including phenoxy) is 1. The molecule has 9 nitrogen and oxygen atoms in total. The Morgan fingerprint density at radius 2 is 1.95 bits per heavy atom. The van der Waals surface area contributed by atoms with Crippen LogP contribution in [0.25, 0.3) is 16.9 Å². The summed E-state index contributed by atoms with van der Waals surface area (Å²) in [5.74, 6) is -1.21. The van der Waals surface area contributed by atoms with Crippen molar-refractivity contribution in [1.29, 1.82) is 0 Å². The lowest BCUT2D eigenvalue weighted by Gasteiger charge is -2.52. The van der Waals surface area contributed by atoms with E-state index in [1.807, 2.05) is 17.4 Å². The molecule has 1 aliphatic carbocycles. The molecule has 3 aromatic heterocycles. The number of halogens is 4. The third kappa shape index (κ3) is 4.77. The zero-order valence-corrected chi connectivity index (χ0v) is 25.4. The Kier molecular flexibility index (Phi) is 6.97. The first-order chi connectivity index (χ1) is 20.1. The molecule has 0 N–H and O–H groups in total. The fourth-order valence-corrected chi connectivity index (χ4v) is 7.40. The van der Waals surface area contributed by atoms with Crippen molar-refractivity contribution < 1.29 is 17.9 Å². The summed E-state index contributed by atoms with van der Waals surface area (Å²) in [4.78, 5) is 14.4. The molecule has 4 atom stereocenters. The molecule has 1 saturated carbocycles. The van der Waals surface area contributed by atoms with Crippen molar-refractivity contribution >= 4 is 38.7 Å². The van der Waals surface area contributed by atoms with Crippen LogP contribution in [-0.4, -0.2) is 77.8 Å². The molecule has 42 heavy (non-hydrogen) atoms. The molecule has 1 aromatic carbocycles. The minimum atomic E-state index is -2.67. The lowest BCUT2D eigenvalue weighted by atomic mass is 9.73. The number of anilines is 1. The fourth-order valence-electron chi connectivity index (χ4n) is 7.16. The highest BCUT2D eigenvalue weighted by atomic mass is 79.9. The highest BCUT2D eigenvalue weighted by Crippen LogP contribution is 2.51. The Hall–Kier alpha value is -2.77. The fraction of sp³-hybridized carbons (Fsp3) is 0.586. The monoisotopic (exact) mass is 646 g/mol. The van der Waals surface area contributed by atoms with Crippen LogP contribution in [0.1, 0.15) is 57.0 Å². The van der Waals surface area contributed by atoms with Crippen LogP contribution in [0.4, 0.5) is 19.0 Å². The van der Waals surface area contributed by atoms with Crippen LogP contribution in [0.2, 0.25) is 0 Å². The Balaban J connectivity index is 1.24. The van der Waals surface area contributed by atoms with E-state index in [9.17, 15) is 13.2 Å². The molecule has 4 aromatic rings. The van der Waals surface area contributed by atoms with Crippen LogP contribution in [-0.2, 0) is 11.3 Å². The van der Waals surface area contributed by atoms with Gasteiger partial charge in [-0.3, -0.25) is 4.90 Å². The molecule has 224 valence electrons. The maximum Gasteiger partial charge on any atom is 0.258 e. The molecule has 0 spiro atoms. The highest BCUT2D eigenvalue weighted by molar-refractivity contribution is 9.10. The number of nitrogens with zero attached hydrogens (tertiary/aromatic N) is 8. The van der Waals surface area contributed by atoms with Gasteiger partial charge in [0.25, 0.3) is 5.78 Å². The molecule has 0 amide bonds. The van der Waals surface area contributed by atoms with E-state index < -0.39 is 5.92 Å². The van der Waals surface area contributed by atoms with Crippen molar-refractivity contribution in [2.75, 3.05) is 24.6 Å². The predicted molar refractivity (Wildman–Crippen MR) is 155 cm³/mol. The van der Waals surface area contributed by atoms with Gasteiger partial charge < -0.3 is 14.2 Å². The molecule has 1 unspecified atom stereocenters. The van der Waals surface area contributed by atoms with Crippen LogP contribution >= 0.6 is 15.9 Å². The standard InChI is InChI=1S/C29H34BrF3N8O/c1-16-13-39(17(2)12-38(16)25(20-10-29(32,33)11-20)19-6-7-22(30)23(31)9-19)26-24-27(41-15-34-37-28(41)36-26)40(18(3)35-24)14-21-5-4-8-42-21/h6-7,9,15-17,20-21,25H,4-5,8,10-14H2,1-3H3/t16-,17+,21+,25?/m1/s1. The second kappa shape index (κ2) is 10.4. The molecule has 3 aliphatic rings. The van der Waals surface area contributed by atoms with Gasteiger partial charge in [-0.1, -0.05) is 6.07 Å². The lowest BCUT2D eigenvalue weighted by molar-refractivity contribution is -0.137. The summed E-state index contributed by atoms with van der Waals surface area (Å²) >= 11 is 3.23. The van der Waals surface area contributed by atoms with Crippen molar-refractivity contribution in [1.82, 2.24) is 34.0 Å². The minimum Gasteiger partial charge on any atom is -0.376 e. The van der Waals surface area contributed by atoms with E-state index in [1.54, 1.807) is 12.4 Å². The summed E-state index contributed by atoms with van der Waals surface area (Å²) in [5.41, 5.74) is 2.39. The molecule has 0 bridgehead atoms. The summed E-state index contributed by atoms with van der Waals surface area (Å²) in [6, 6.07) is 4.66. The molecular formula is C29H34BrF3N8O. The Labute approximate surface area is 250 Å². The van der Waals surface area contributed by atoms with Crippen LogP contribution in [0.3, 0.4) is 0 Å². The Bertz CT molecular complexity index is 1630. The van der Waals surface area contributed by atoms with Crippen molar-refractivity contribution in [2.24, 2.45) is 5.92 Å². The van der Waals surface area contributed by atoms with E-state index in [-0.39, 0.29) is 48.8 Å². The average Bonchev–Trinajstić information content (AvgIpc) is 3.68. The number of hydrogen-bond acceptors (Lipinski definition) is 7. The third-order valence-corrected chi connectivity index (χ3v) is 9.88. The van der Waals surface area contributed by atoms with Crippen molar-refractivity contribution in [3.05, 3.63) is 46.2 Å². The number of aryl methyl sites for hydroxylation is 1. The van der Waals surface area contributed by atoms with E-state index in [1.165, 1.54) is 6.07 Å². The smallest absolute Gasteiger partial charge is 0.258 e. The van der Waals surface area contributed by atoms with Gasteiger partial charge in [0.2, 0.25) is 5.92 Å². The molecule has 7 rings (SSSR count). The molecule has 13 heteroatoms. The van der Waals surface area contributed by atoms with Crippen LogP contribution in [0, 0.1) is 18.7 Å². The Morgan fingerprint density at radius 3 is 2.67 bits per heavy atom. The maximum atomic E-state index is 14.7. The summed E-state index contributed by atoms with van der Waals surface area (Å²) in [5, 5.41) is 8.43. The number of rotatable bonds is 6. The maximum absolute atomic E-state index is 14.7. The van der Waals surface area contributed by atoms with E-state index in [0.717, 1.165) is 47.8 Å². The van der Waals surface area contributed by atoms with E-state index in [2.05, 4.69) is 54.3 Å². The number of aromatic nitrogens is 6. The number of fused-ring (bicyclic) bond motifs is 3. The van der Waals surface area contributed by atoms with Gasteiger partial charge in [-0.2, -0.15) is 4.98 Å². The van der Waals surface area contributed by atoms with E-state index >= 15 is 0 Å². The molecule has 0 radical (unpaired) electrons. The number of benzene rings is 1. The number of piperazine rings is 1. The Morgan fingerprint density at radius 1 is 1.14 bits per heavy atom. The summed E-state index contributed by atoms with van der Waals surface area (Å²) < 4.78 is 53.2. The van der Waals surface area contributed by atoms with E-state index in [0.29, 0.717) is 29.9 Å². The number of hydrogen-bond donors (Lipinski definition) is 0. The minimum absolute atomic E-state index is 0.0192. The quantitative estimate of drug-likeness (QED) is 0.272. The van der Waals surface area contributed by atoms with Crippen LogP contribution in [0.15, 0.2) is 29.0 Å². The third-order valence-electron chi connectivity index (χ3n) is 9.23. The summed E-state index contributed by atoms with van der Waals surface area (Å²) in [7, 11) is 0. The summed E-state index contributed by atoms with van der Waals surface area (Å²) in [6.45, 7) is 8.88. The van der Waals surface area contributed by atoms with E-state index in [4.69, 9.17) is 14.7 Å². The van der Waals surface area contributed by atoms with Gasteiger partial charge in [0.1, 0.15) is 23.5 Å². The second-order valence-corrected chi connectivity index (χ2v) is 13.1. The average molecular weight is 648 g/mol. The van der Waals surface area contributed by atoms with Crippen molar-refractivity contribution in [3.8, 4) is 0 Å². The second-order valence-electron chi connectivity index (χ2n) is 12.2. The number of imidazole rings is 1. The van der Waals surface area contributed by atoms with Gasteiger partial charge in [0.15, 0.2) is 11.5 Å². The molecule has 5 heterocycles. The van der Waals surface area contributed by atoms with Gasteiger partial charge in [0.05, 0.1) is 17.1 Å². The van der Waals surface area contributed by atoms with Gasteiger partial charge in [0, 0.05) is 50.7 Å². The molecule has 3 fully saturated rings. The van der Waals surface area contributed by atoms with Crippen molar-refractivity contribution in [3.63, 3.8) is 0 Å². The van der Waals surface area contributed by atoms with Gasteiger partial charge in [-0.05, 0) is 73.2 Å². The van der Waals surface area contributed by atoms with Crippen molar-refractivity contribution in [2.45, 2.75) is 83.2 Å². The lowest BCUT2D eigenvalue weighted by Crippen LogP contribution is -2.59. The largest absolute Gasteiger partial charge is 0.376 e. The van der Waals surface area contributed by atoms with Crippen LogP contribution in [0.5, 0.6) is 0 Å². The first kappa shape index (κ1) is 28.0. The molecule has 2 aliphatic heterocycles. The first-order valence-corrected chi connectivity index (χ1v) is 15.4. The van der Waals surface area contributed by atoms with Gasteiger partial charge >= 0.3 is 0 Å². The molecular weight excluding hydrogens is 613 g/mol. The zero-order chi connectivity index (χ0) is 29.3. The normalized spacial score (nSPS) is 25.9. The van der Waals surface area contributed by atoms with Gasteiger partial charge in [-0.25, -0.2) is 22.6 Å². The molecule has 2 saturated heterocycles. The zero-order valence-electron chi connectivity index (χ0n) is 23.9. The predicted octanol–water partition coefficient (Wildman–Crippen LogP) is 5.55. The first-order valence-electron chi connectivity index (χ1n) is 14.6. The summed E-state index contributed by atoms with van der Waals surface area (Å²) in [6.07, 6.45) is 3.48.